The lowest BCUT2D eigenvalue weighted by molar-refractivity contribution is -0.143. The number of ether oxygens (including phenoxy) is 1. The molecule has 1 aliphatic heterocycles. The van der Waals surface area contributed by atoms with Crippen LogP contribution >= 0.6 is 11.8 Å². The van der Waals surface area contributed by atoms with Gasteiger partial charge in [0.1, 0.15) is 0 Å². The van der Waals surface area contributed by atoms with Gasteiger partial charge in [0.25, 0.3) is 0 Å². The summed E-state index contributed by atoms with van der Waals surface area (Å²) in [6.07, 6.45) is 6.05. The average Bonchev–Trinajstić information content (AvgIpc) is 2.49. The summed E-state index contributed by atoms with van der Waals surface area (Å²) in [5, 5.41) is 0. The number of carbonyl (C=O) groups excluding carboxylic acids is 1. The summed E-state index contributed by atoms with van der Waals surface area (Å²) in [4.78, 5) is 11.0. The van der Waals surface area contributed by atoms with Crippen LogP contribution in [0.25, 0.3) is 0 Å². The van der Waals surface area contributed by atoms with E-state index in [-0.39, 0.29) is 10.9 Å². The first kappa shape index (κ1) is 11.9. The third-order valence-electron chi connectivity index (χ3n) is 2.50. The van der Waals surface area contributed by atoms with Crippen molar-refractivity contribution in [2.75, 3.05) is 5.75 Å². The second-order valence-corrected chi connectivity index (χ2v) is 5.28. The Hall–Kier alpha value is -0.180. The van der Waals surface area contributed by atoms with Crippen LogP contribution in [-0.4, -0.2) is 16.7 Å². The number of rotatable bonds is 6. The highest BCUT2D eigenvalue weighted by Gasteiger charge is 2.39. The first-order chi connectivity index (χ1) is 6.72. The van der Waals surface area contributed by atoms with Crippen molar-refractivity contribution in [3.05, 3.63) is 0 Å². The van der Waals surface area contributed by atoms with Gasteiger partial charge in [0.2, 0.25) is 0 Å². The molecular formula is C11H20O2S. The molecule has 14 heavy (non-hydrogen) atoms. The maximum atomic E-state index is 11.1. The molecule has 1 heterocycles. The normalized spacial score (nSPS) is 26.6. The van der Waals surface area contributed by atoms with Gasteiger partial charge in [-0.25, -0.2) is 0 Å². The smallest absolute Gasteiger partial charge is 0.307 e. The average molecular weight is 216 g/mol. The number of hydrogen-bond donors (Lipinski definition) is 0. The van der Waals surface area contributed by atoms with E-state index in [2.05, 4.69) is 13.8 Å². The van der Waals surface area contributed by atoms with E-state index in [4.69, 9.17) is 4.74 Å². The van der Waals surface area contributed by atoms with Crippen LogP contribution in [0.4, 0.5) is 0 Å². The van der Waals surface area contributed by atoms with Crippen molar-refractivity contribution in [3.63, 3.8) is 0 Å². The molecule has 2 nitrogen and oxygen atoms in total. The molecule has 0 aromatic heterocycles. The van der Waals surface area contributed by atoms with Crippen LogP contribution < -0.4 is 0 Å². The SMILES string of the molecule is CCCCSC1(CCC)CCC(=O)O1. The highest BCUT2D eigenvalue weighted by atomic mass is 32.2. The van der Waals surface area contributed by atoms with Gasteiger partial charge < -0.3 is 4.74 Å². The van der Waals surface area contributed by atoms with Gasteiger partial charge in [-0.05, 0) is 18.6 Å². The second kappa shape index (κ2) is 5.64. The third-order valence-corrected chi connectivity index (χ3v) is 4.01. The molecular weight excluding hydrogens is 196 g/mol. The molecule has 0 aromatic rings. The Morgan fingerprint density at radius 2 is 2.21 bits per heavy atom. The Morgan fingerprint density at radius 1 is 1.43 bits per heavy atom. The summed E-state index contributed by atoms with van der Waals surface area (Å²) in [6, 6.07) is 0. The van der Waals surface area contributed by atoms with Gasteiger partial charge in [0, 0.05) is 6.42 Å². The Bertz CT molecular complexity index is 194. The maximum Gasteiger partial charge on any atom is 0.307 e. The largest absolute Gasteiger partial charge is 0.448 e. The zero-order chi connectivity index (χ0) is 10.4. The molecule has 1 aliphatic rings. The van der Waals surface area contributed by atoms with Crippen LogP contribution in [0.1, 0.15) is 52.4 Å². The highest BCUT2D eigenvalue weighted by Crippen LogP contribution is 2.41. The van der Waals surface area contributed by atoms with E-state index in [1.807, 2.05) is 11.8 Å². The number of unbranched alkanes of at least 4 members (excludes halogenated alkanes) is 1. The van der Waals surface area contributed by atoms with Crippen molar-refractivity contribution in [3.8, 4) is 0 Å². The van der Waals surface area contributed by atoms with Crippen molar-refractivity contribution in [1.29, 1.82) is 0 Å². The van der Waals surface area contributed by atoms with Gasteiger partial charge in [-0.15, -0.1) is 11.8 Å². The molecule has 1 saturated heterocycles. The summed E-state index contributed by atoms with van der Waals surface area (Å²) >= 11 is 1.84. The van der Waals surface area contributed by atoms with Crippen LogP contribution in [-0.2, 0) is 9.53 Å². The van der Waals surface area contributed by atoms with Crippen LogP contribution in [0.15, 0.2) is 0 Å². The minimum absolute atomic E-state index is 0.0116. The molecule has 0 bridgehead atoms. The van der Waals surface area contributed by atoms with E-state index >= 15 is 0 Å². The lowest BCUT2D eigenvalue weighted by Crippen LogP contribution is -2.24. The molecule has 0 aliphatic carbocycles. The molecule has 0 amide bonds. The van der Waals surface area contributed by atoms with Gasteiger partial charge >= 0.3 is 5.97 Å². The topological polar surface area (TPSA) is 26.3 Å². The van der Waals surface area contributed by atoms with E-state index in [1.54, 1.807) is 0 Å². The molecule has 0 aromatic carbocycles. The minimum Gasteiger partial charge on any atom is -0.448 e. The van der Waals surface area contributed by atoms with Crippen molar-refractivity contribution in [1.82, 2.24) is 0 Å². The highest BCUT2D eigenvalue weighted by molar-refractivity contribution is 8.00. The van der Waals surface area contributed by atoms with Gasteiger partial charge in [-0.2, -0.15) is 0 Å². The summed E-state index contributed by atoms with van der Waals surface area (Å²) in [5.74, 6) is 1.10. The monoisotopic (exact) mass is 216 g/mol. The van der Waals surface area contributed by atoms with Gasteiger partial charge in [-0.3, -0.25) is 4.79 Å². The molecule has 0 radical (unpaired) electrons. The van der Waals surface area contributed by atoms with Crippen LogP contribution in [0.3, 0.4) is 0 Å². The van der Waals surface area contributed by atoms with Crippen LogP contribution in [0.2, 0.25) is 0 Å². The Kier molecular flexibility index (Phi) is 4.79. The van der Waals surface area contributed by atoms with Crippen LogP contribution in [0, 0.1) is 0 Å². The van der Waals surface area contributed by atoms with Gasteiger partial charge in [0.15, 0.2) is 4.93 Å². The zero-order valence-electron chi connectivity index (χ0n) is 9.17. The van der Waals surface area contributed by atoms with E-state index in [9.17, 15) is 4.79 Å². The fraction of sp³-hybridized carbons (Fsp3) is 0.909. The Labute approximate surface area is 90.8 Å². The molecule has 3 heteroatoms. The predicted octanol–water partition coefficient (Wildman–Crippen LogP) is 3.35. The molecule has 1 rings (SSSR count). The summed E-state index contributed by atoms with van der Waals surface area (Å²) in [6.45, 7) is 4.34. The summed E-state index contributed by atoms with van der Waals surface area (Å²) in [5.41, 5.74) is 0. The molecule has 1 atom stereocenters. The van der Waals surface area contributed by atoms with E-state index in [0.29, 0.717) is 6.42 Å². The molecule has 0 spiro atoms. The van der Waals surface area contributed by atoms with E-state index in [0.717, 1.165) is 25.0 Å². The van der Waals surface area contributed by atoms with Crippen molar-refractivity contribution in [2.24, 2.45) is 0 Å². The zero-order valence-corrected chi connectivity index (χ0v) is 9.99. The van der Waals surface area contributed by atoms with Crippen LogP contribution in [0.5, 0.6) is 0 Å². The fourth-order valence-electron chi connectivity index (χ4n) is 1.74. The summed E-state index contributed by atoms with van der Waals surface area (Å²) < 4.78 is 5.46. The molecule has 0 N–H and O–H groups in total. The number of cyclic esters (lactones) is 1. The first-order valence-corrected chi connectivity index (χ1v) is 6.57. The van der Waals surface area contributed by atoms with Gasteiger partial charge in [-0.1, -0.05) is 26.7 Å². The maximum absolute atomic E-state index is 11.1. The standard InChI is InChI=1S/C11H20O2S/c1-3-5-9-14-11(7-4-2)8-6-10(12)13-11/h3-9H2,1-2H3. The third kappa shape index (κ3) is 3.19. The lowest BCUT2D eigenvalue weighted by atomic mass is 10.1. The Balaban J connectivity index is 2.41. The lowest BCUT2D eigenvalue weighted by Gasteiger charge is -2.26. The number of thioether (sulfide) groups is 1. The van der Waals surface area contributed by atoms with Gasteiger partial charge in [0.05, 0.1) is 6.42 Å². The molecule has 1 fully saturated rings. The van der Waals surface area contributed by atoms with Crippen molar-refractivity contribution in [2.45, 2.75) is 57.3 Å². The van der Waals surface area contributed by atoms with Crippen molar-refractivity contribution < 1.29 is 9.53 Å². The minimum atomic E-state index is -0.166. The number of hydrogen-bond acceptors (Lipinski definition) is 3. The Morgan fingerprint density at radius 3 is 2.71 bits per heavy atom. The first-order valence-electron chi connectivity index (χ1n) is 5.58. The van der Waals surface area contributed by atoms with E-state index < -0.39 is 0 Å². The quantitative estimate of drug-likeness (QED) is 0.503. The second-order valence-electron chi connectivity index (χ2n) is 3.84. The van der Waals surface area contributed by atoms with E-state index in [1.165, 1.54) is 12.8 Å². The number of carbonyl (C=O) groups is 1. The predicted molar refractivity (Wildman–Crippen MR) is 60.3 cm³/mol. The fourth-order valence-corrected chi connectivity index (χ4v) is 3.29. The number of esters is 1. The molecule has 82 valence electrons. The summed E-state index contributed by atoms with van der Waals surface area (Å²) in [7, 11) is 0. The molecule has 1 unspecified atom stereocenters. The van der Waals surface area contributed by atoms with Crippen molar-refractivity contribution >= 4 is 17.7 Å². The molecule has 0 saturated carbocycles.